The van der Waals surface area contributed by atoms with Crippen LogP contribution in [0.5, 0.6) is 11.5 Å². The third-order valence-electron chi connectivity index (χ3n) is 13.4. The maximum absolute atomic E-state index is 15.3. The number of ether oxygens (including phenoxy) is 2. The van der Waals surface area contributed by atoms with Gasteiger partial charge in [0, 0.05) is 51.8 Å². The number of amides is 3. The lowest BCUT2D eigenvalue weighted by Gasteiger charge is -2.35. The van der Waals surface area contributed by atoms with E-state index in [9.17, 15) is 18.0 Å². The fourth-order valence-electron chi connectivity index (χ4n) is 9.37. The fourth-order valence-corrected chi connectivity index (χ4v) is 11.7. The van der Waals surface area contributed by atoms with Gasteiger partial charge in [0.15, 0.2) is 5.13 Å². The summed E-state index contributed by atoms with van der Waals surface area (Å²) < 4.78 is 41.0. The summed E-state index contributed by atoms with van der Waals surface area (Å²) in [6.07, 6.45) is 11.8. The summed E-state index contributed by atoms with van der Waals surface area (Å²) in [5.41, 5.74) is 2.10. The minimum atomic E-state index is -3.89. The number of nitrogens with zero attached hydrogens (tertiary/aromatic N) is 3. The van der Waals surface area contributed by atoms with Crippen LogP contribution in [0.15, 0.2) is 72.6 Å². The first-order valence-electron chi connectivity index (χ1n) is 21.7. The lowest BCUT2D eigenvalue weighted by atomic mass is 9.83. The minimum absolute atomic E-state index is 0.00174. The molecule has 15 heteroatoms. The van der Waals surface area contributed by atoms with Gasteiger partial charge in [0.2, 0.25) is 21.8 Å². The lowest BCUT2D eigenvalue weighted by Crippen LogP contribution is -2.58. The summed E-state index contributed by atoms with van der Waals surface area (Å²) in [4.78, 5) is 55.6. The van der Waals surface area contributed by atoms with Gasteiger partial charge in [0.05, 0.1) is 35.8 Å². The Morgan fingerprint density at radius 1 is 1.06 bits per heavy atom. The molecule has 6 bridgehead atoms. The molecule has 0 unspecified atom stereocenters. The van der Waals surface area contributed by atoms with Crippen LogP contribution >= 0.6 is 11.3 Å². The summed E-state index contributed by atoms with van der Waals surface area (Å²) in [6.45, 7) is 8.25. The number of thiazole rings is 1. The van der Waals surface area contributed by atoms with Gasteiger partial charge in [-0.2, -0.15) is 0 Å². The maximum atomic E-state index is 15.3. The van der Waals surface area contributed by atoms with Crippen molar-refractivity contribution in [1.82, 2.24) is 24.9 Å². The van der Waals surface area contributed by atoms with E-state index in [-0.39, 0.29) is 36.6 Å². The number of rotatable bonds is 9. The van der Waals surface area contributed by atoms with E-state index in [0.29, 0.717) is 47.1 Å². The van der Waals surface area contributed by atoms with Gasteiger partial charge in [-0.15, -0.1) is 17.9 Å². The van der Waals surface area contributed by atoms with E-state index in [1.54, 1.807) is 18.1 Å². The molecule has 4 fully saturated rings. The quantitative estimate of drug-likeness (QED) is 0.147. The first-order valence-corrected chi connectivity index (χ1v) is 24.2. The van der Waals surface area contributed by atoms with E-state index in [2.05, 4.69) is 47.9 Å². The van der Waals surface area contributed by atoms with E-state index in [1.807, 2.05) is 53.9 Å². The lowest BCUT2D eigenvalue weighted by molar-refractivity contribution is -0.141. The molecule has 5 aliphatic rings. The Labute approximate surface area is 366 Å². The number of fused-ring (bicyclic) bond motifs is 5. The van der Waals surface area contributed by atoms with Gasteiger partial charge in [-0.3, -0.25) is 19.1 Å². The smallest absolute Gasteiger partial charge is 0.259 e. The first kappa shape index (κ1) is 42.0. The molecule has 2 aliphatic heterocycles. The molecule has 0 radical (unpaired) electrons. The highest BCUT2D eigenvalue weighted by atomic mass is 32.2. The molecule has 0 spiro atoms. The number of allylic oxidation sites excluding steroid dienone is 1. The number of carbonyl (C=O) groups excluding carboxylic acids is 3. The molecule has 5 atom stereocenters. The van der Waals surface area contributed by atoms with E-state index in [4.69, 9.17) is 19.4 Å². The summed E-state index contributed by atoms with van der Waals surface area (Å²) in [5.74, 6) is -0.888. The highest BCUT2D eigenvalue weighted by Gasteiger charge is 2.62. The highest BCUT2D eigenvalue weighted by molar-refractivity contribution is 7.91. The Balaban J connectivity index is 1.14. The third kappa shape index (κ3) is 8.21. The van der Waals surface area contributed by atoms with Gasteiger partial charge in [-0.25, -0.2) is 18.4 Å². The van der Waals surface area contributed by atoms with Gasteiger partial charge < -0.3 is 25.0 Å². The van der Waals surface area contributed by atoms with Crippen molar-refractivity contribution in [2.24, 2.45) is 11.8 Å². The summed E-state index contributed by atoms with van der Waals surface area (Å²) in [7, 11) is -2.26. The van der Waals surface area contributed by atoms with E-state index >= 15 is 4.79 Å². The topological polar surface area (TPSA) is 169 Å². The van der Waals surface area contributed by atoms with Crippen LogP contribution in [0.1, 0.15) is 89.3 Å². The molecule has 9 rings (SSSR count). The molecular weight excluding hydrogens is 825 g/mol. The monoisotopic (exact) mass is 878 g/mol. The second kappa shape index (κ2) is 16.4. The zero-order valence-corrected chi connectivity index (χ0v) is 37.0. The van der Waals surface area contributed by atoms with E-state index in [0.717, 1.165) is 54.3 Å². The van der Waals surface area contributed by atoms with Crippen molar-refractivity contribution in [2.45, 2.75) is 112 Å². The fraction of sp³-hybridized carbons (Fsp3) is 0.468. The molecule has 2 aromatic heterocycles. The molecule has 13 nitrogen and oxygen atoms in total. The SMILES string of the molecule is C=C[C@@H]1C[C@]1(NC(=O)[C@@H]1C[C@@H]2CN1C(=O)[C@H](C1CCCCC1)Nc1nc(cs1)C(C)(C)C/C=C/c1cc3c(cc(-c4ccccc4)nc3cc1OC)O2)C(=O)NS(=O)(=O)C1CC1. The molecule has 3 saturated carbocycles. The number of hydrogen-bond donors (Lipinski definition) is 3. The first-order chi connectivity index (χ1) is 29.8. The highest BCUT2D eigenvalue weighted by Crippen LogP contribution is 2.46. The molecule has 4 aromatic rings. The van der Waals surface area contributed by atoms with Crippen LogP contribution in [0.4, 0.5) is 5.13 Å². The summed E-state index contributed by atoms with van der Waals surface area (Å²) in [5, 5.41) is 9.30. The largest absolute Gasteiger partial charge is 0.496 e. The number of pyridine rings is 1. The van der Waals surface area contributed by atoms with Crippen LogP contribution < -0.4 is 24.8 Å². The van der Waals surface area contributed by atoms with Crippen molar-refractivity contribution in [1.29, 1.82) is 0 Å². The summed E-state index contributed by atoms with van der Waals surface area (Å²) >= 11 is 1.46. The van der Waals surface area contributed by atoms with Crippen LogP contribution in [0.2, 0.25) is 0 Å². The minimum Gasteiger partial charge on any atom is -0.496 e. The number of anilines is 1. The molecule has 3 aliphatic carbocycles. The molecule has 62 heavy (non-hydrogen) atoms. The van der Waals surface area contributed by atoms with Gasteiger partial charge in [0.25, 0.3) is 5.91 Å². The van der Waals surface area contributed by atoms with Gasteiger partial charge in [-0.1, -0.05) is 81.7 Å². The van der Waals surface area contributed by atoms with Crippen LogP contribution in [-0.4, -0.2) is 83.6 Å². The van der Waals surface area contributed by atoms with Crippen LogP contribution in [0.25, 0.3) is 28.2 Å². The molecule has 326 valence electrons. The second-order valence-electron chi connectivity index (χ2n) is 18.2. The zero-order valence-electron chi connectivity index (χ0n) is 35.4. The van der Waals surface area contributed by atoms with Crippen molar-refractivity contribution in [3.05, 3.63) is 83.9 Å². The van der Waals surface area contributed by atoms with Crippen molar-refractivity contribution in [3.63, 3.8) is 0 Å². The van der Waals surface area contributed by atoms with Gasteiger partial charge in [0.1, 0.15) is 35.2 Å². The molecule has 1 saturated heterocycles. The standard InChI is InChI=1S/C47H54N6O7S2/c1-5-31-25-47(31,44(56)52-62(57,58)33-18-19-33)51-42(54)37-22-32-26-53(37)43(55)41(29-15-10-7-11-16-29)50-45-49-40(27-61-45)46(2,3)20-12-17-30-21-34-36(24-38(30)59-4)48-35(23-39(34)60-32)28-13-8-6-9-14-28/h5-6,8-9,12-14,17,21,23-24,27,29,31-33,37,41H,1,7,10-11,15-16,18-20,22,25-26H2,2-4H3,(H,49,50)(H,51,54)(H,52,56)/b17-12+/t31-,32-,37+,41+,47-/m1/s1. The number of hydrogen-bond acceptors (Lipinski definition) is 11. The number of aromatic nitrogens is 2. The van der Waals surface area contributed by atoms with Gasteiger partial charge in [-0.05, 0) is 50.5 Å². The Bertz CT molecular complexity index is 2550. The number of carbonyl (C=O) groups is 3. The Morgan fingerprint density at radius 3 is 2.55 bits per heavy atom. The number of nitrogens with one attached hydrogen (secondary N) is 3. The van der Waals surface area contributed by atoms with Gasteiger partial charge >= 0.3 is 0 Å². The number of methoxy groups -OCH3 is 1. The number of sulfonamides is 1. The van der Waals surface area contributed by atoms with Crippen molar-refractivity contribution < 1.29 is 32.3 Å². The second-order valence-corrected chi connectivity index (χ2v) is 21.0. The normalized spacial score (nSPS) is 26.7. The Morgan fingerprint density at radius 2 is 1.84 bits per heavy atom. The van der Waals surface area contributed by atoms with E-state index in [1.165, 1.54) is 11.3 Å². The molecule has 4 heterocycles. The van der Waals surface area contributed by atoms with E-state index < -0.39 is 56.7 Å². The van der Waals surface area contributed by atoms with Crippen LogP contribution in [0, 0.1) is 11.8 Å². The van der Waals surface area contributed by atoms with Crippen molar-refractivity contribution in [3.8, 4) is 22.8 Å². The Hall–Kier alpha value is -5.28. The van der Waals surface area contributed by atoms with Crippen molar-refractivity contribution >= 4 is 61.2 Å². The maximum Gasteiger partial charge on any atom is 0.259 e. The van der Waals surface area contributed by atoms with Crippen LogP contribution in [0.3, 0.4) is 0 Å². The predicted octanol–water partition coefficient (Wildman–Crippen LogP) is 7.14. The van der Waals surface area contributed by atoms with Crippen molar-refractivity contribution in [2.75, 3.05) is 19.0 Å². The van der Waals surface area contributed by atoms with Crippen LogP contribution in [-0.2, 0) is 29.8 Å². The average molecular weight is 879 g/mol. The molecular formula is C47H54N6O7S2. The average Bonchev–Trinajstić information content (AvgIpc) is 4.16. The third-order valence-corrected chi connectivity index (χ3v) is 16.0. The Kier molecular flexibility index (Phi) is 11.2. The number of benzene rings is 2. The summed E-state index contributed by atoms with van der Waals surface area (Å²) in [6, 6.07) is 13.9. The molecule has 3 amide bonds. The zero-order chi connectivity index (χ0) is 43.4. The molecule has 3 N–H and O–H groups in total. The molecule has 2 aromatic carbocycles. The predicted molar refractivity (Wildman–Crippen MR) is 240 cm³/mol.